The molecule has 1 fully saturated rings. The van der Waals surface area contributed by atoms with Crippen LogP contribution in [0.15, 0.2) is 28.8 Å². The van der Waals surface area contributed by atoms with Gasteiger partial charge < -0.3 is 9.84 Å². The maximum Gasteiger partial charge on any atom is 0.244 e. The van der Waals surface area contributed by atoms with Crippen LogP contribution in [0.3, 0.4) is 0 Å². The van der Waals surface area contributed by atoms with Crippen molar-refractivity contribution in [1.29, 1.82) is 5.26 Å². The van der Waals surface area contributed by atoms with Crippen molar-refractivity contribution in [3.05, 3.63) is 35.7 Å². The summed E-state index contributed by atoms with van der Waals surface area (Å²) >= 11 is 0. The van der Waals surface area contributed by atoms with E-state index in [-0.39, 0.29) is 6.04 Å². The maximum absolute atomic E-state index is 8.93. The van der Waals surface area contributed by atoms with E-state index in [1.807, 2.05) is 12.1 Å². The molecule has 5 nitrogen and oxygen atoms in total. The smallest absolute Gasteiger partial charge is 0.244 e. The van der Waals surface area contributed by atoms with Gasteiger partial charge in [-0.15, -0.1) is 0 Å². The highest BCUT2D eigenvalue weighted by Crippen LogP contribution is 2.29. The standard InChI is InChI=1S/C15H16N4O/c1-10-4-3-7-17-13(10)15-18-14(19-20-15)12-6-2-5-11(8-12)9-16/h2,5-6,8,10,13,17H,3-4,7H2,1H3. The molecule has 0 spiro atoms. The number of nitrogens with one attached hydrogen (secondary N) is 1. The Bertz CT molecular complexity index is 643. The number of benzene rings is 1. The number of hydrogen-bond acceptors (Lipinski definition) is 5. The van der Waals surface area contributed by atoms with Crippen LogP contribution in [0.2, 0.25) is 0 Å². The van der Waals surface area contributed by atoms with Crippen LogP contribution in [0.25, 0.3) is 11.4 Å². The highest BCUT2D eigenvalue weighted by atomic mass is 16.5. The van der Waals surface area contributed by atoms with Crippen LogP contribution in [-0.2, 0) is 0 Å². The highest BCUT2D eigenvalue weighted by molar-refractivity contribution is 5.57. The summed E-state index contributed by atoms with van der Waals surface area (Å²) in [6, 6.07) is 9.48. The zero-order valence-electron chi connectivity index (χ0n) is 11.3. The van der Waals surface area contributed by atoms with Gasteiger partial charge in [0.25, 0.3) is 0 Å². The fraction of sp³-hybridized carbons (Fsp3) is 0.400. The second kappa shape index (κ2) is 5.43. The van der Waals surface area contributed by atoms with E-state index in [0.29, 0.717) is 23.2 Å². The van der Waals surface area contributed by atoms with Crippen LogP contribution < -0.4 is 5.32 Å². The molecule has 102 valence electrons. The second-order valence-corrected chi connectivity index (χ2v) is 5.20. The van der Waals surface area contributed by atoms with E-state index in [0.717, 1.165) is 12.1 Å². The van der Waals surface area contributed by atoms with Gasteiger partial charge in [-0.1, -0.05) is 24.2 Å². The minimum absolute atomic E-state index is 0.129. The normalized spacial score (nSPS) is 22.4. The first-order valence-corrected chi connectivity index (χ1v) is 6.85. The summed E-state index contributed by atoms with van der Waals surface area (Å²) in [6.07, 6.45) is 2.35. The molecule has 2 atom stereocenters. The van der Waals surface area contributed by atoms with E-state index in [9.17, 15) is 0 Å². The first kappa shape index (κ1) is 12.8. The van der Waals surface area contributed by atoms with E-state index in [1.54, 1.807) is 12.1 Å². The lowest BCUT2D eigenvalue weighted by molar-refractivity contribution is 0.239. The van der Waals surface area contributed by atoms with Gasteiger partial charge >= 0.3 is 0 Å². The molecule has 1 aliphatic heterocycles. The molecule has 1 N–H and O–H groups in total. The molecule has 0 amide bonds. The number of aromatic nitrogens is 2. The van der Waals surface area contributed by atoms with E-state index >= 15 is 0 Å². The van der Waals surface area contributed by atoms with E-state index in [4.69, 9.17) is 9.78 Å². The summed E-state index contributed by atoms with van der Waals surface area (Å²) in [5.41, 5.74) is 1.40. The number of piperidine rings is 1. The van der Waals surface area contributed by atoms with Crippen LogP contribution in [0.1, 0.15) is 37.3 Å². The molecule has 0 radical (unpaired) electrons. The Morgan fingerprint density at radius 3 is 3.15 bits per heavy atom. The summed E-state index contributed by atoms with van der Waals surface area (Å²) in [4.78, 5) is 4.48. The third kappa shape index (κ3) is 2.43. The van der Waals surface area contributed by atoms with Crippen molar-refractivity contribution in [3.63, 3.8) is 0 Å². The number of hydrogen-bond donors (Lipinski definition) is 1. The Balaban J connectivity index is 1.88. The predicted octanol–water partition coefficient (Wildman–Crippen LogP) is 2.67. The van der Waals surface area contributed by atoms with Gasteiger partial charge in [0.1, 0.15) is 0 Å². The lowest BCUT2D eigenvalue weighted by Crippen LogP contribution is -2.33. The summed E-state index contributed by atoms with van der Waals surface area (Å²) in [5.74, 6) is 1.66. The molecule has 0 aliphatic carbocycles. The number of nitriles is 1. The molecule has 0 bridgehead atoms. The van der Waals surface area contributed by atoms with Crippen molar-refractivity contribution in [2.75, 3.05) is 6.54 Å². The molecular formula is C15H16N4O. The third-order valence-corrected chi connectivity index (χ3v) is 3.73. The topological polar surface area (TPSA) is 74.7 Å². The van der Waals surface area contributed by atoms with Crippen molar-refractivity contribution in [2.45, 2.75) is 25.8 Å². The second-order valence-electron chi connectivity index (χ2n) is 5.20. The molecule has 1 aromatic carbocycles. The molecule has 2 unspecified atom stereocenters. The van der Waals surface area contributed by atoms with Crippen molar-refractivity contribution >= 4 is 0 Å². The third-order valence-electron chi connectivity index (χ3n) is 3.73. The van der Waals surface area contributed by atoms with Gasteiger partial charge in [-0.2, -0.15) is 10.2 Å². The first-order chi connectivity index (χ1) is 9.78. The first-order valence-electron chi connectivity index (χ1n) is 6.85. The minimum Gasteiger partial charge on any atom is -0.337 e. The van der Waals surface area contributed by atoms with Crippen LogP contribution in [0, 0.1) is 17.2 Å². The van der Waals surface area contributed by atoms with Gasteiger partial charge in [-0.25, -0.2) is 0 Å². The molecule has 1 saturated heterocycles. The summed E-state index contributed by atoms with van der Waals surface area (Å²) in [5, 5.41) is 16.4. The molecule has 3 rings (SSSR count). The zero-order valence-corrected chi connectivity index (χ0v) is 11.3. The molecule has 1 aromatic heterocycles. The molecular weight excluding hydrogens is 252 g/mol. The fourth-order valence-corrected chi connectivity index (χ4v) is 2.59. The molecule has 2 heterocycles. The van der Waals surface area contributed by atoms with Crippen LogP contribution in [0.5, 0.6) is 0 Å². The Morgan fingerprint density at radius 1 is 1.45 bits per heavy atom. The van der Waals surface area contributed by atoms with E-state index < -0.39 is 0 Å². The summed E-state index contributed by atoms with van der Waals surface area (Å²) < 4.78 is 5.40. The Labute approximate surface area is 117 Å². The highest BCUT2D eigenvalue weighted by Gasteiger charge is 2.27. The zero-order chi connectivity index (χ0) is 13.9. The van der Waals surface area contributed by atoms with Crippen LogP contribution in [0.4, 0.5) is 0 Å². The van der Waals surface area contributed by atoms with Gasteiger partial charge in [0.05, 0.1) is 17.7 Å². The van der Waals surface area contributed by atoms with Gasteiger partial charge in [0.2, 0.25) is 11.7 Å². The van der Waals surface area contributed by atoms with Gasteiger partial charge in [-0.05, 0) is 37.4 Å². The molecule has 1 aliphatic rings. The van der Waals surface area contributed by atoms with Crippen molar-refractivity contribution in [2.24, 2.45) is 5.92 Å². The molecule has 0 saturated carbocycles. The SMILES string of the molecule is CC1CCCNC1c1nc(-c2cccc(C#N)c2)no1. The monoisotopic (exact) mass is 268 g/mol. The number of rotatable bonds is 2. The number of nitrogens with zero attached hydrogens (tertiary/aromatic N) is 3. The Morgan fingerprint density at radius 2 is 2.35 bits per heavy atom. The minimum atomic E-state index is 0.129. The van der Waals surface area contributed by atoms with Crippen molar-refractivity contribution < 1.29 is 4.52 Å². The van der Waals surface area contributed by atoms with E-state index in [2.05, 4.69) is 28.5 Å². The van der Waals surface area contributed by atoms with Gasteiger partial charge in [-0.3, -0.25) is 0 Å². The summed E-state index contributed by atoms with van der Waals surface area (Å²) in [6.45, 7) is 3.17. The van der Waals surface area contributed by atoms with Crippen molar-refractivity contribution in [1.82, 2.24) is 15.5 Å². The van der Waals surface area contributed by atoms with Crippen molar-refractivity contribution in [3.8, 4) is 17.5 Å². The summed E-state index contributed by atoms with van der Waals surface area (Å²) in [7, 11) is 0. The largest absolute Gasteiger partial charge is 0.337 e. The lowest BCUT2D eigenvalue weighted by Gasteiger charge is -2.26. The predicted molar refractivity (Wildman–Crippen MR) is 73.6 cm³/mol. The van der Waals surface area contributed by atoms with Gasteiger partial charge in [0, 0.05) is 5.56 Å². The van der Waals surface area contributed by atoms with Gasteiger partial charge in [0.15, 0.2) is 0 Å². The molecule has 2 aromatic rings. The Kier molecular flexibility index (Phi) is 3.48. The van der Waals surface area contributed by atoms with Crippen LogP contribution >= 0.6 is 0 Å². The Hall–Kier alpha value is -2.19. The van der Waals surface area contributed by atoms with E-state index in [1.165, 1.54) is 12.8 Å². The lowest BCUT2D eigenvalue weighted by atomic mass is 9.93. The average Bonchev–Trinajstić information content (AvgIpc) is 2.97. The van der Waals surface area contributed by atoms with Crippen LogP contribution in [-0.4, -0.2) is 16.7 Å². The average molecular weight is 268 g/mol. The molecule has 20 heavy (non-hydrogen) atoms. The fourth-order valence-electron chi connectivity index (χ4n) is 2.59. The maximum atomic E-state index is 8.93. The quantitative estimate of drug-likeness (QED) is 0.906. The molecule has 5 heteroatoms.